The van der Waals surface area contributed by atoms with Crippen molar-refractivity contribution in [1.29, 1.82) is 0 Å². The lowest BCUT2D eigenvalue weighted by Gasteiger charge is -2.27. The van der Waals surface area contributed by atoms with E-state index in [1.54, 1.807) is 6.20 Å². The summed E-state index contributed by atoms with van der Waals surface area (Å²) >= 11 is 0. The zero-order chi connectivity index (χ0) is 10.7. The summed E-state index contributed by atoms with van der Waals surface area (Å²) in [6.45, 7) is 0. The predicted octanol–water partition coefficient (Wildman–Crippen LogP) is 1.90. The number of nitrogens with zero attached hydrogens (tertiary/aromatic N) is 1. The summed E-state index contributed by atoms with van der Waals surface area (Å²) in [6, 6.07) is 2.23. The Hall–Kier alpha value is -1.16. The van der Waals surface area contributed by atoms with Crippen molar-refractivity contribution >= 4 is 5.69 Å². The molecular formula is C11H16FN3. The summed E-state index contributed by atoms with van der Waals surface area (Å²) in [5.41, 5.74) is 6.57. The molecule has 0 amide bonds. The second-order valence-corrected chi connectivity index (χ2v) is 4.15. The van der Waals surface area contributed by atoms with Gasteiger partial charge in [-0.05, 0) is 25.7 Å². The van der Waals surface area contributed by atoms with Crippen LogP contribution in [0, 0.1) is 5.82 Å². The molecule has 1 heterocycles. The average molecular weight is 209 g/mol. The lowest BCUT2D eigenvalue weighted by Crippen LogP contribution is -2.32. The van der Waals surface area contributed by atoms with Gasteiger partial charge in [-0.2, -0.15) is 0 Å². The van der Waals surface area contributed by atoms with Gasteiger partial charge in [0.1, 0.15) is 5.82 Å². The molecule has 1 aliphatic carbocycles. The van der Waals surface area contributed by atoms with E-state index in [-0.39, 0.29) is 5.82 Å². The Kier molecular flexibility index (Phi) is 3.16. The number of nitrogens with two attached hydrogens (primary N) is 1. The van der Waals surface area contributed by atoms with Gasteiger partial charge in [-0.15, -0.1) is 0 Å². The number of nitrogens with one attached hydrogen (secondary N) is 1. The lowest BCUT2D eigenvalue weighted by molar-refractivity contribution is 0.411. The molecule has 0 saturated heterocycles. The number of aromatic nitrogens is 1. The first-order chi connectivity index (χ1) is 7.24. The van der Waals surface area contributed by atoms with Gasteiger partial charge in [0.2, 0.25) is 0 Å². The number of anilines is 1. The molecule has 0 aliphatic heterocycles. The molecule has 0 radical (unpaired) electrons. The van der Waals surface area contributed by atoms with E-state index >= 15 is 0 Å². The fourth-order valence-corrected chi connectivity index (χ4v) is 1.99. The molecular weight excluding hydrogens is 193 g/mol. The first-order valence-electron chi connectivity index (χ1n) is 5.37. The average Bonchev–Trinajstić information content (AvgIpc) is 2.22. The Morgan fingerprint density at radius 1 is 1.27 bits per heavy atom. The Bertz CT molecular complexity index is 321. The standard InChI is InChI=1S/C11H16FN3/c12-8-5-11(7-14-6-8)15-10-3-1-9(13)2-4-10/h5-7,9-10,15H,1-4,13H2. The quantitative estimate of drug-likeness (QED) is 0.782. The Labute approximate surface area is 88.9 Å². The molecule has 0 aromatic carbocycles. The highest BCUT2D eigenvalue weighted by Gasteiger charge is 2.18. The maximum absolute atomic E-state index is 12.9. The van der Waals surface area contributed by atoms with Crippen LogP contribution in [0.3, 0.4) is 0 Å². The molecule has 1 aromatic rings. The topological polar surface area (TPSA) is 50.9 Å². The fourth-order valence-electron chi connectivity index (χ4n) is 1.99. The maximum atomic E-state index is 12.9. The highest BCUT2D eigenvalue weighted by molar-refractivity contribution is 5.41. The lowest BCUT2D eigenvalue weighted by atomic mass is 9.92. The molecule has 3 nitrogen and oxygen atoms in total. The van der Waals surface area contributed by atoms with Crippen LogP contribution in [0.5, 0.6) is 0 Å². The fraction of sp³-hybridized carbons (Fsp3) is 0.545. The van der Waals surface area contributed by atoms with Crippen LogP contribution < -0.4 is 11.1 Å². The Morgan fingerprint density at radius 3 is 2.67 bits per heavy atom. The molecule has 1 fully saturated rings. The van der Waals surface area contributed by atoms with Crippen LogP contribution in [0.4, 0.5) is 10.1 Å². The van der Waals surface area contributed by atoms with Gasteiger partial charge in [-0.3, -0.25) is 4.98 Å². The summed E-state index contributed by atoms with van der Waals surface area (Å²) in [4.78, 5) is 3.80. The second kappa shape index (κ2) is 4.57. The van der Waals surface area contributed by atoms with Crippen LogP contribution in [0.1, 0.15) is 25.7 Å². The van der Waals surface area contributed by atoms with Gasteiger partial charge in [-0.1, -0.05) is 0 Å². The molecule has 15 heavy (non-hydrogen) atoms. The molecule has 1 aliphatic rings. The molecule has 0 atom stereocenters. The molecule has 3 N–H and O–H groups in total. The van der Waals surface area contributed by atoms with Crippen molar-refractivity contribution < 1.29 is 4.39 Å². The minimum atomic E-state index is -0.299. The largest absolute Gasteiger partial charge is 0.381 e. The van der Waals surface area contributed by atoms with Crippen molar-refractivity contribution in [3.63, 3.8) is 0 Å². The number of halogens is 1. The second-order valence-electron chi connectivity index (χ2n) is 4.15. The predicted molar refractivity (Wildman–Crippen MR) is 58.0 cm³/mol. The van der Waals surface area contributed by atoms with Gasteiger partial charge in [-0.25, -0.2) is 4.39 Å². The third-order valence-corrected chi connectivity index (χ3v) is 2.85. The van der Waals surface area contributed by atoms with Crippen molar-refractivity contribution in [2.75, 3.05) is 5.32 Å². The summed E-state index contributed by atoms with van der Waals surface area (Å²) in [7, 11) is 0. The van der Waals surface area contributed by atoms with Crippen LogP contribution >= 0.6 is 0 Å². The van der Waals surface area contributed by atoms with Gasteiger partial charge < -0.3 is 11.1 Å². The van der Waals surface area contributed by atoms with Crippen LogP contribution in [0.25, 0.3) is 0 Å². The van der Waals surface area contributed by atoms with Gasteiger partial charge in [0, 0.05) is 18.2 Å². The van der Waals surface area contributed by atoms with Crippen LogP contribution in [-0.2, 0) is 0 Å². The highest BCUT2D eigenvalue weighted by Crippen LogP contribution is 2.20. The minimum absolute atomic E-state index is 0.299. The third-order valence-electron chi connectivity index (χ3n) is 2.85. The molecule has 0 spiro atoms. The smallest absolute Gasteiger partial charge is 0.143 e. The molecule has 82 valence electrons. The van der Waals surface area contributed by atoms with Gasteiger partial charge in [0.05, 0.1) is 18.1 Å². The van der Waals surface area contributed by atoms with E-state index < -0.39 is 0 Å². The molecule has 0 unspecified atom stereocenters. The van der Waals surface area contributed by atoms with Gasteiger partial charge in [0.25, 0.3) is 0 Å². The first-order valence-corrected chi connectivity index (χ1v) is 5.37. The van der Waals surface area contributed by atoms with E-state index in [0.717, 1.165) is 31.4 Å². The zero-order valence-corrected chi connectivity index (χ0v) is 8.62. The van der Waals surface area contributed by atoms with E-state index in [1.165, 1.54) is 12.3 Å². The molecule has 2 rings (SSSR count). The van der Waals surface area contributed by atoms with Crippen molar-refractivity contribution in [3.8, 4) is 0 Å². The van der Waals surface area contributed by atoms with Crippen molar-refractivity contribution in [2.24, 2.45) is 5.73 Å². The summed E-state index contributed by atoms with van der Waals surface area (Å²) < 4.78 is 12.9. The van der Waals surface area contributed by atoms with Crippen molar-refractivity contribution in [1.82, 2.24) is 4.98 Å². The highest BCUT2D eigenvalue weighted by atomic mass is 19.1. The first kappa shape index (κ1) is 10.4. The zero-order valence-electron chi connectivity index (χ0n) is 8.62. The number of hydrogen-bond acceptors (Lipinski definition) is 3. The summed E-state index contributed by atoms with van der Waals surface area (Å²) in [5.74, 6) is -0.299. The monoisotopic (exact) mass is 209 g/mol. The minimum Gasteiger partial charge on any atom is -0.381 e. The summed E-state index contributed by atoms with van der Waals surface area (Å²) in [5, 5.41) is 3.28. The van der Waals surface area contributed by atoms with Crippen LogP contribution in [0.2, 0.25) is 0 Å². The van der Waals surface area contributed by atoms with Crippen molar-refractivity contribution in [3.05, 3.63) is 24.3 Å². The van der Waals surface area contributed by atoms with Crippen LogP contribution in [0.15, 0.2) is 18.5 Å². The van der Waals surface area contributed by atoms with E-state index in [4.69, 9.17) is 5.73 Å². The maximum Gasteiger partial charge on any atom is 0.143 e. The van der Waals surface area contributed by atoms with E-state index in [2.05, 4.69) is 10.3 Å². The number of rotatable bonds is 2. The number of hydrogen-bond donors (Lipinski definition) is 2. The molecule has 0 bridgehead atoms. The molecule has 1 saturated carbocycles. The Balaban J connectivity index is 1.92. The van der Waals surface area contributed by atoms with Gasteiger partial charge >= 0.3 is 0 Å². The normalized spacial score (nSPS) is 26.3. The molecule has 1 aromatic heterocycles. The van der Waals surface area contributed by atoms with Crippen molar-refractivity contribution in [2.45, 2.75) is 37.8 Å². The SMILES string of the molecule is NC1CCC(Nc2cncc(F)c2)CC1. The van der Waals surface area contributed by atoms with E-state index in [0.29, 0.717) is 12.1 Å². The Morgan fingerprint density at radius 2 is 2.00 bits per heavy atom. The van der Waals surface area contributed by atoms with E-state index in [1.807, 2.05) is 0 Å². The van der Waals surface area contributed by atoms with E-state index in [9.17, 15) is 4.39 Å². The number of pyridine rings is 1. The molecule has 4 heteroatoms. The van der Waals surface area contributed by atoms with Gasteiger partial charge in [0.15, 0.2) is 0 Å². The third kappa shape index (κ3) is 2.89. The van der Waals surface area contributed by atoms with Crippen LogP contribution in [-0.4, -0.2) is 17.1 Å². The summed E-state index contributed by atoms with van der Waals surface area (Å²) in [6.07, 6.45) is 7.05.